The average molecular weight is 394 g/mol. The van der Waals surface area contributed by atoms with Crippen LogP contribution in [0.1, 0.15) is 23.2 Å². The molecule has 0 unspecified atom stereocenters. The molecule has 1 heterocycles. The van der Waals surface area contributed by atoms with Gasteiger partial charge in [-0.15, -0.1) is 0 Å². The van der Waals surface area contributed by atoms with E-state index in [4.69, 9.17) is 16.3 Å². The maximum Gasteiger partial charge on any atom is 0.260 e. The molecule has 0 radical (unpaired) electrons. The summed E-state index contributed by atoms with van der Waals surface area (Å²) in [5.74, 6) is -2.02. The van der Waals surface area contributed by atoms with E-state index in [0.717, 1.165) is 18.2 Å². The zero-order valence-electron chi connectivity index (χ0n) is 14.5. The number of carbonyl (C=O) groups excluding carboxylic acids is 2. The van der Waals surface area contributed by atoms with E-state index >= 15 is 0 Å². The highest BCUT2D eigenvalue weighted by Gasteiger charge is 2.29. The Balaban J connectivity index is 1.54. The summed E-state index contributed by atoms with van der Waals surface area (Å²) in [5.41, 5.74) is -0.234. The van der Waals surface area contributed by atoms with E-state index in [-0.39, 0.29) is 18.1 Å². The fraction of sp³-hybridized carbons (Fsp3) is 0.300. The molecule has 0 aromatic heterocycles. The summed E-state index contributed by atoms with van der Waals surface area (Å²) in [5, 5.41) is 0.423. The van der Waals surface area contributed by atoms with Gasteiger partial charge in [0.25, 0.3) is 5.91 Å². The monoisotopic (exact) mass is 393 g/mol. The number of Topliss-reactive ketones (excluding diaryl/α,β-unsaturated/α-hetero) is 1. The maximum atomic E-state index is 13.8. The third-order valence-electron chi connectivity index (χ3n) is 4.60. The van der Waals surface area contributed by atoms with E-state index in [1.54, 1.807) is 29.2 Å². The quantitative estimate of drug-likeness (QED) is 0.718. The first-order chi connectivity index (χ1) is 13.0. The molecule has 142 valence electrons. The standard InChI is InChI=1S/C20H18ClF2NO3/c21-16-3-1-2-4-18(16)27-12-19(25)24-9-7-13(8-10-24)20(26)15-11-14(22)5-6-17(15)23/h1-6,11,13H,7-10,12H2. The van der Waals surface area contributed by atoms with Crippen molar-refractivity contribution in [2.75, 3.05) is 19.7 Å². The number of likely N-dealkylation sites (tertiary alicyclic amines) is 1. The van der Waals surface area contributed by atoms with E-state index in [9.17, 15) is 18.4 Å². The van der Waals surface area contributed by atoms with E-state index in [0.29, 0.717) is 36.7 Å². The Bertz CT molecular complexity index is 851. The first-order valence-corrected chi connectivity index (χ1v) is 8.98. The molecule has 0 N–H and O–H groups in total. The van der Waals surface area contributed by atoms with Gasteiger partial charge in [0.1, 0.15) is 17.4 Å². The molecule has 1 aliphatic heterocycles. The third-order valence-corrected chi connectivity index (χ3v) is 4.91. The van der Waals surface area contributed by atoms with Crippen molar-refractivity contribution in [3.8, 4) is 5.75 Å². The van der Waals surface area contributed by atoms with E-state index in [2.05, 4.69) is 0 Å². The van der Waals surface area contributed by atoms with Crippen molar-refractivity contribution in [1.82, 2.24) is 4.90 Å². The second-order valence-corrected chi connectivity index (χ2v) is 6.77. The second kappa shape index (κ2) is 8.48. The van der Waals surface area contributed by atoms with Crippen LogP contribution < -0.4 is 4.74 Å². The summed E-state index contributed by atoms with van der Waals surface area (Å²) in [6.07, 6.45) is 0.791. The summed E-state index contributed by atoms with van der Waals surface area (Å²) < 4.78 is 32.5. The molecule has 7 heteroatoms. The van der Waals surface area contributed by atoms with Gasteiger partial charge in [0, 0.05) is 19.0 Å². The summed E-state index contributed by atoms with van der Waals surface area (Å²) in [6.45, 7) is 0.566. The molecule has 0 aliphatic carbocycles. The van der Waals surface area contributed by atoms with Gasteiger partial charge in [-0.25, -0.2) is 8.78 Å². The highest BCUT2D eigenvalue weighted by atomic mass is 35.5. The van der Waals surface area contributed by atoms with E-state index in [1.165, 1.54) is 0 Å². The number of nitrogens with zero attached hydrogens (tertiary/aromatic N) is 1. The minimum atomic E-state index is -0.729. The number of ether oxygens (including phenoxy) is 1. The molecule has 3 rings (SSSR count). The van der Waals surface area contributed by atoms with Gasteiger partial charge in [-0.3, -0.25) is 9.59 Å². The van der Waals surface area contributed by atoms with Gasteiger partial charge >= 0.3 is 0 Å². The highest BCUT2D eigenvalue weighted by molar-refractivity contribution is 6.32. The van der Waals surface area contributed by atoms with Crippen LogP contribution in [0.3, 0.4) is 0 Å². The van der Waals surface area contributed by atoms with E-state index < -0.39 is 23.3 Å². The molecule has 2 aromatic carbocycles. The first-order valence-electron chi connectivity index (χ1n) is 8.60. The van der Waals surface area contributed by atoms with Crippen LogP contribution in [0.4, 0.5) is 8.78 Å². The SMILES string of the molecule is O=C(c1cc(F)ccc1F)C1CCN(C(=O)COc2ccccc2Cl)CC1. The van der Waals surface area contributed by atoms with Crippen LogP contribution in [0.2, 0.25) is 5.02 Å². The molecule has 1 saturated heterocycles. The number of benzene rings is 2. The van der Waals surface area contributed by atoms with Gasteiger partial charge in [-0.05, 0) is 43.2 Å². The molecule has 0 bridgehead atoms. The zero-order valence-corrected chi connectivity index (χ0v) is 15.2. The minimum absolute atomic E-state index is 0.152. The second-order valence-electron chi connectivity index (χ2n) is 6.36. The van der Waals surface area contributed by atoms with Crippen LogP contribution in [0.15, 0.2) is 42.5 Å². The minimum Gasteiger partial charge on any atom is -0.482 e. The fourth-order valence-electron chi connectivity index (χ4n) is 3.09. The predicted molar refractivity (Wildman–Crippen MR) is 96.9 cm³/mol. The lowest BCUT2D eigenvalue weighted by molar-refractivity contribution is -0.134. The molecule has 4 nitrogen and oxygen atoms in total. The number of para-hydroxylation sites is 1. The van der Waals surface area contributed by atoms with Crippen molar-refractivity contribution in [3.05, 3.63) is 64.7 Å². The van der Waals surface area contributed by atoms with Gasteiger partial charge < -0.3 is 9.64 Å². The number of rotatable bonds is 5. The summed E-state index contributed by atoms with van der Waals surface area (Å²) >= 11 is 5.98. The molecular weight excluding hydrogens is 376 g/mol. The van der Waals surface area contributed by atoms with Gasteiger partial charge in [-0.2, -0.15) is 0 Å². The molecular formula is C20H18ClF2NO3. The van der Waals surface area contributed by atoms with Gasteiger partial charge in [0.15, 0.2) is 12.4 Å². The number of ketones is 1. The molecule has 0 spiro atoms. The Morgan fingerprint density at radius 2 is 1.81 bits per heavy atom. The van der Waals surface area contributed by atoms with Crippen molar-refractivity contribution in [2.45, 2.75) is 12.8 Å². The van der Waals surface area contributed by atoms with E-state index in [1.807, 2.05) is 0 Å². The maximum absolute atomic E-state index is 13.8. The topological polar surface area (TPSA) is 46.6 Å². The molecule has 1 aliphatic rings. The van der Waals surface area contributed by atoms with Crippen molar-refractivity contribution >= 4 is 23.3 Å². The van der Waals surface area contributed by atoms with Crippen molar-refractivity contribution in [3.63, 3.8) is 0 Å². The van der Waals surface area contributed by atoms with Crippen LogP contribution >= 0.6 is 11.6 Å². The molecule has 1 amide bonds. The number of hydrogen-bond donors (Lipinski definition) is 0. The normalized spacial score (nSPS) is 14.9. The van der Waals surface area contributed by atoms with Crippen LogP contribution in [-0.4, -0.2) is 36.3 Å². The highest BCUT2D eigenvalue weighted by Crippen LogP contribution is 2.25. The average Bonchev–Trinajstić information content (AvgIpc) is 2.68. The Morgan fingerprint density at radius 3 is 2.52 bits per heavy atom. The molecule has 1 fully saturated rings. The van der Waals surface area contributed by atoms with Crippen LogP contribution in [0.5, 0.6) is 5.75 Å². The predicted octanol–water partition coefficient (Wildman–Crippen LogP) is 4.12. The van der Waals surface area contributed by atoms with Crippen molar-refractivity contribution in [1.29, 1.82) is 0 Å². The van der Waals surface area contributed by atoms with Gasteiger partial charge in [0.2, 0.25) is 0 Å². The number of hydrogen-bond acceptors (Lipinski definition) is 3. The Labute approximate surface area is 160 Å². The van der Waals surface area contributed by atoms with Gasteiger partial charge in [-0.1, -0.05) is 23.7 Å². The van der Waals surface area contributed by atoms with Crippen LogP contribution in [0, 0.1) is 17.6 Å². The lowest BCUT2D eigenvalue weighted by Gasteiger charge is -2.31. The molecule has 27 heavy (non-hydrogen) atoms. The third kappa shape index (κ3) is 4.63. The number of amides is 1. The molecule has 2 aromatic rings. The van der Waals surface area contributed by atoms with Crippen molar-refractivity contribution in [2.24, 2.45) is 5.92 Å². The lowest BCUT2D eigenvalue weighted by atomic mass is 9.88. The largest absolute Gasteiger partial charge is 0.482 e. The Morgan fingerprint density at radius 1 is 1.11 bits per heavy atom. The summed E-state index contributed by atoms with van der Waals surface area (Å²) in [7, 11) is 0. The van der Waals surface area contributed by atoms with Crippen molar-refractivity contribution < 1.29 is 23.1 Å². The van der Waals surface area contributed by atoms with Crippen LogP contribution in [-0.2, 0) is 4.79 Å². The fourth-order valence-corrected chi connectivity index (χ4v) is 3.28. The number of carbonyl (C=O) groups is 2. The van der Waals surface area contributed by atoms with Gasteiger partial charge in [0.05, 0.1) is 10.6 Å². The molecule has 0 saturated carbocycles. The Hall–Kier alpha value is -2.47. The summed E-state index contributed by atoms with van der Waals surface area (Å²) in [4.78, 5) is 26.3. The summed E-state index contributed by atoms with van der Waals surface area (Å²) in [6, 6.07) is 9.72. The Kier molecular flexibility index (Phi) is 6.06. The number of halogens is 3. The molecule has 0 atom stereocenters. The number of piperidine rings is 1. The lowest BCUT2D eigenvalue weighted by Crippen LogP contribution is -2.42. The van der Waals surface area contributed by atoms with Crippen LogP contribution in [0.25, 0.3) is 0 Å². The smallest absolute Gasteiger partial charge is 0.260 e. The first kappa shape index (κ1) is 19.3. The zero-order chi connectivity index (χ0) is 19.4.